The zero-order valence-corrected chi connectivity index (χ0v) is 14.8. The number of piperidine rings is 1. The Hall–Kier alpha value is -2.57. The topological polar surface area (TPSA) is 98.7 Å². The van der Waals surface area contributed by atoms with Crippen molar-refractivity contribution in [2.75, 3.05) is 23.7 Å². The molecule has 7 nitrogen and oxygen atoms in total. The SMILES string of the molecule is Cc1ccc(NC(=O)C(C)C)cc1NC(=O)N1CCCC(C(=O)O)C1. The van der Waals surface area contributed by atoms with Gasteiger partial charge in [-0.3, -0.25) is 9.59 Å². The molecule has 1 atom stereocenters. The highest BCUT2D eigenvalue weighted by molar-refractivity contribution is 5.95. The lowest BCUT2D eigenvalue weighted by Crippen LogP contribution is -2.44. The molecule has 1 heterocycles. The normalized spacial score (nSPS) is 17.3. The van der Waals surface area contributed by atoms with Crippen molar-refractivity contribution in [2.45, 2.75) is 33.6 Å². The lowest BCUT2D eigenvalue weighted by atomic mass is 9.99. The Morgan fingerprint density at radius 2 is 1.96 bits per heavy atom. The molecule has 3 N–H and O–H groups in total. The Morgan fingerprint density at radius 3 is 2.60 bits per heavy atom. The summed E-state index contributed by atoms with van der Waals surface area (Å²) in [6.45, 7) is 6.23. The number of anilines is 2. The van der Waals surface area contributed by atoms with E-state index in [1.54, 1.807) is 26.0 Å². The Bertz CT molecular complexity index is 672. The summed E-state index contributed by atoms with van der Waals surface area (Å²) >= 11 is 0. The van der Waals surface area contributed by atoms with Crippen LogP contribution in [0.2, 0.25) is 0 Å². The van der Waals surface area contributed by atoms with E-state index in [0.717, 1.165) is 5.56 Å². The number of nitrogens with one attached hydrogen (secondary N) is 2. The zero-order chi connectivity index (χ0) is 18.6. The average Bonchev–Trinajstić information content (AvgIpc) is 2.57. The van der Waals surface area contributed by atoms with E-state index in [1.165, 1.54) is 4.90 Å². The molecular weight excluding hydrogens is 322 g/mol. The van der Waals surface area contributed by atoms with Crippen LogP contribution in [0.15, 0.2) is 18.2 Å². The van der Waals surface area contributed by atoms with Crippen LogP contribution in [-0.2, 0) is 9.59 Å². The zero-order valence-electron chi connectivity index (χ0n) is 14.8. The fraction of sp³-hybridized carbons (Fsp3) is 0.500. The number of rotatable bonds is 4. The largest absolute Gasteiger partial charge is 0.481 e. The molecule has 136 valence electrons. The van der Waals surface area contributed by atoms with Crippen molar-refractivity contribution in [3.63, 3.8) is 0 Å². The van der Waals surface area contributed by atoms with Crippen molar-refractivity contribution in [1.29, 1.82) is 0 Å². The van der Waals surface area contributed by atoms with Gasteiger partial charge in [-0.1, -0.05) is 19.9 Å². The van der Waals surface area contributed by atoms with Crippen molar-refractivity contribution in [2.24, 2.45) is 11.8 Å². The number of carboxylic acid groups (broad SMARTS) is 1. The standard InChI is InChI=1S/C18H25N3O4/c1-11(2)16(22)19-14-7-6-12(3)15(9-14)20-18(25)21-8-4-5-13(10-21)17(23)24/h6-7,9,11,13H,4-5,8,10H2,1-3H3,(H,19,22)(H,20,25)(H,23,24). The number of carbonyl (C=O) groups is 3. The van der Waals surface area contributed by atoms with Crippen LogP contribution in [-0.4, -0.2) is 41.0 Å². The molecule has 2 rings (SSSR count). The van der Waals surface area contributed by atoms with Crippen molar-refractivity contribution >= 4 is 29.3 Å². The maximum absolute atomic E-state index is 12.5. The molecule has 0 aromatic heterocycles. The lowest BCUT2D eigenvalue weighted by Gasteiger charge is -2.31. The first-order chi connectivity index (χ1) is 11.8. The molecule has 25 heavy (non-hydrogen) atoms. The van der Waals surface area contributed by atoms with Crippen LogP contribution >= 0.6 is 0 Å². The van der Waals surface area contributed by atoms with Gasteiger partial charge < -0.3 is 20.6 Å². The Morgan fingerprint density at radius 1 is 1.24 bits per heavy atom. The van der Waals surface area contributed by atoms with E-state index in [0.29, 0.717) is 30.8 Å². The van der Waals surface area contributed by atoms with Gasteiger partial charge in [-0.25, -0.2) is 4.79 Å². The van der Waals surface area contributed by atoms with Crippen molar-refractivity contribution in [3.8, 4) is 0 Å². The molecule has 1 aromatic carbocycles. The number of likely N-dealkylation sites (tertiary alicyclic amines) is 1. The van der Waals surface area contributed by atoms with E-state index in [4.69, 9.17) is 5.11 Å². The second-order valence-electron chi connectivity index (χ2n) is 6.73. The Balaban J connectivity index is 2.07. The predicted octanol–water partition coefficient (Wildman–Crippen LogP) is 2.92. The monoisotopic (exact) mass is 347 g/mol. The van der Waals surface area contributed by atoms with Gasteiger partial charge in [0.2, 0.25) is 5.91 Å². The third-order valence-electron chi connectivity index (χ3n) is 4.33. The van der Waals surface area contributed by atoms with E-state index in [1.807, 2.05) is 13.0 Å². The smallest absolute Gasteiger partial charge is 0.321 e. The van der Waals surface area contributed by atoms with E-state index >= 15 is 0 Å². The fourth-order valence-electron chi connectivity index (χ4n) is 2.68. The van der Waals surface area contributed by atoms with Gasteiger partial charge in [0.05, 0.1) is 5.92 Å². The quantitative estimate of drug-likeness (QED) is 0.780. The summed E-state index contributed by atoms with van der Waals surface area (Å²) in [6, 6.07) is 5.00. The molecular formula is C18H25N3O4. The minimum atomic E-state index is -0.868. The first-order valence-corrected chi connectivity index (χ1v) is 8.48. The van der Waals surface area contributed by atoms with Gasteiger partial charge >= 0.3 is 12.0 Å². The van der Waals surface area contributed by atoms with Crippen LogP contribution in [0.3, 0.4) is 0 Å². The highest BCUT2D eigenvalue weighted by atomic mass is 16.4. The molecule has 0 aliphatic carbocycles. The Labute approximate surface area is 147 Å². The van der Waals surface area contributed by atoms with E-state index in [2.05, 4.69) is 10.6 Å². The number of amides is 3. The Kier molecular flexibility index (Phi) is 6.01. The fourth-order valence-corrected chi connectivity index (χ4v) is 2.68. The first-order valence-electron chi connectivity index (χ1n) is 8.48. The second kappa shape index (κ2) is 8.00. The summed E-state index contributed by atoms with van der Waals surface area (Å²) in [7, 11) is 0. The number of hydrogen-bond acceptors (Lipinski definition) is 3. The molecule has 1 aromatic rings. The number of urea groups is 1. The van der Waals surface area contributed by atoms with Crippen LogP contribution < -0.4 is 10.6 Å². The van der Waals surface area contributed by atoms with Crippen molar-refractivity contribution in [3.05, 3.63) is 23.8 Å². The lowest BCUT2D eigenvalue weighted by molar-refractivity contribution is -0.143. The second-order valence-corrected chi connectivity index (χ2v) is 6.73. The maximum atomic E-state index is 12.5. The number of aryl methyl sites for hydroxylation is 1. The highest BCUT2D eigenvalue weighted by Crippen LogP contribution is 2.23. The molecule has 1 unspecified atom stereocenters. The van der Waals surface area contributed by atoms with Crippen LogP contribution in [0, 0.1) is 18.8 Å². The van der Waals surface area contributed by atoms with Crippen LogP contribution in [0.25, 0.3) is 0 Å². The van der Waals surface area contributed by atoms with Crippen LogP contribution in [0.5, 0.6) is 0 Å². The third-order valence-corrected chi connectivity index (χ3v) is 4.33. The van der Waals surface area contributed by atoms with Crippen molar-refractivity contribution in [1.82, 2.24) is 4.90 Å². The third kappa shape index (κ3) is 4.95. The number of benzene rings is 1. The molecule has 0 bridgehead atoms. The molecule has 1 aliphatic heterocycles. The number of carboxylic acids is 1. The van der Waals surface area contributed by atoms with Crippen LogP contribution in [0.4, 0.5) is 16.2 Å². The van der Waals surface area contributed by atoms with E-state index in [-0.39, 0.29) is 24.4 Å². The maximum Gasteiger partial charge on any atom is 0.321 e. The van der Waals surface area contributed by atoms with Gasteiger partial charge in [0.25, 0.3) is 0 Å². The van der Waals surface area contributed by atoms with Gasteiger partial charge in [-0.05, 0) is 37.5 Å². The van der Waals surface area contributed by atoms with Gasteiger partial charge in [-0.15, -0.1) is 0 Å². The number of carbonyl (C=O) groups excluding carboxylic acids is 2. The van der Waals surface area contributed by atoms with Gasteiger partial charge in [0, 0.05) is 30.4 Å². The molecule has 7 heteroatoms. The minimum absolute atomic E-state index is 0.0959. The minimum Gasteiger partial charge on any atom is -0.481 e. The molecule has 3 amide bonds. The summed E-state index contributed by atoms with van der Waals surface area (Å²) in [6.07, 6.45) is 1.27. The van der Waals surface area contributed by atoms with Crippen LogP contribution in [0.1, 0.15) is 32.3 Å². The highest BCUT2D eigenvalue weighted by Gasteiger charge is 2.28. The number of hydrogen-bond donors (Lipinski definition) is 3. The average molecular weight is 347 g/mol. The molecule has 1 aliphatic rings. The van der Waals surface area contributed by atoms with E-state index < -0.39 is 11.9 Å². The molecule has 0 spiro atoms. The van der Waals surface area contributed by atoms with Gasteiger partial charge in [-0.2, -0.15) is 0 Å². The summed E-state index contributed by atoms with van der Waals surface area (Å²) < 4.78 is 0. The molecule has 0 saturated carbocycles. The van der Waals surface area contributed by atoms with Gasteiger partial charge in [0.15, 0.2) is 0 Å². The summed E-state index contributed by atoms with van der Waals surface area (Å²) in [5.74, 6) is -1.62. The summed E-state index contributed by atoms with van der Waals surface area (Å²) in [5, 5.41) is 14.8. The number of nitrogens with zero attached hydrogens (tertiary/aromatic N) is 1. The molecule has 0 radical (unpaired) electrons. The predicted molar refractivity (Wildman–Crippen MR) is 95.6 cm³/mol. The summed E-state index contributed by atoms with van der Waals surface area (Å²) in [5.41, 5.74) is 2.08. The summed E-state index contributed by atoms with van der Waals surface area (Å²) in [4.78, 5) is 36.9. The van der Waals surface area contributed by atoms with E-state index in [9.17, 15) is 14.4 Å². The molecule has 1 saturated heterocycles. The first kappa shape index (κ1) is 18.8. The number of aliphatic carboxylic acids is 1. The van der Waals surface area contributed by atoms with Gasteiger partial charge in [0.1, 0.15) is 0 Å². The van der Waals surface area contributed by atoms with Crippen molar-refractivity contribution < 1.29 is 19.5 Å². The molecule has 1 fully saturated rings.